The monoisotopic (exact) mass is 398 g/mol. The van der Waals surface area contributed by atoms with Crippen LogP contribution in [0.2, 0.25) is 0 Å². The fraction of sp³-hybridized carbons (Fsp3) is 0.786. The highest BCUT2D eigenvalue weighted by Gasteiger charge is 2.50. The zero-order valence-electron chi connectivity index (χ0n) is 20.0. The van der Waals surface area contributed by atoms with Gasteiger partial charge in [-0.15, -0.1) is 0 Å². The third-order valence-corrected chi connectivity index (χ3v) is 8.99. The molecule has 1 heteroatoms. The van der Waals surface area contributed by atoms with Crippen LogP contribution in [-0.2, 0) is 0 Å². The normalized spacial score (nSPS) is 40.7. The van der Waals surface area contributed by atoms with Crippen LogP contribution in [0.25, 0.3) is 0 Å². The number of rotatable bonds is 5. The van der Waals surface area contributed by atoms with Gasteiger partial charge in [0, 0.05) is 0 Å². The lowest BCUT2D eigenvalue weighted by atomic mass is 9.61. The van der Waals surface area contributed by atoms with E-state index in [-0.39, 0.29) is 6.10 Å². The predicted molar refractivity (Wildman–Crippen MR) is 126 cm³/mol. The van der Waals surface area contributed by atoms with Crippen LogP contribution < -0.4 is 0 Å². The van der Waals surface area contributed by atoms with Crippen molar-refractivity contribution in [2.75, 3.05) is 0 Å². The Morgan fingerprint density at radius 2 is 1.69 bits per heavy atom. The van der Waals surface area contributed by atoms with Crippen molar-refractivity contribution < 1.29 is 5.11 Å². The molecule has 164 valence electrons. The van der Waals surface area contributed by atoms with Crippen molar-refractivity contribution >= 4 is 0 Å². The number of aliphatic hydroxyl groups is 1. The summed E-state index contributed by atoms with van der Waals surface area (Å²) >= 11 is 0. The van der Waals surface area contributed by atoms with Crippen molar-refractivity contribution in [1.82, 2.24) is 0 Å². The Balaban J connectivity index is 1.74. The fourth-order valence-electron chi connectivity index (χ4n) is 6.50. The summed E-state index contributed by atoms with van der Waals surface area (Å²) in [6.07, 6.45) is 19.5. The van der Waals surface area contributed by atoms with E-state index in [1.54, 1.807) is 5.57 Å². The molecular formula is C28H46O. The van der Waals surface area contributed by atoms with Gasteiger partial charge < -0.3 is 5.11 Å². The lowest BCUT2D eigenvalue weighted by molar-refractivity contribution is 0.112. The molecule has 0 saturated heterocycles. The van der Waals surface area contributed by atoms with Gasteiger partial charge >= 0.3 is 0 Å². The number of allylic oxidation sites excluding steroid dienone is 5. The summed E-state index contributed by atoms with van der Waals surface area (Å²) < 4.78 is 0. The molecular weight excluding hydrogens is 352 g/mol. The second-order valence-corrected chi connectivity index (χ2v) is 11.3. The van der Waals surface area contributed by atoms with E-state index in [9.17, 15) is 5.11 Å². The molecule has 3 aliphatic carbocycles. The molecule has 1 N–H and O–H groups in total. The Hall–Kier alpha value is -0.820. The first-order valence-corrected chi connectivity index (χ1v) is 12.5. The minimum Gasteiger partial charge on any atom is -0.393 e. The minimum absolute atomic E-state index is 0.121. The summed E-state index contributed by atoms with van der Waals surface area (Å²) in [7, 11) is 0. The van der Waals surface area contributed by atoms with Crippen molar-refractivity contribution in [2.45, 2.75) is 99.0 Å². The molecule has 0 radical (unpaired) electrons. The summed E-state index contributed by atoms with van der Waals surface area (Å²) in [6.45, 7) is 14.4. The predicted octanol–water partition coefficient (Wildman–Crippen LogP) is 7.72. The average Bonchev–Trinajstić information content (AvgIpc) is 3.04. The van der Waals surface area contributed by atoms with E-state index in [0.717, 1.165) is 37.0 Å². The van der Waals surface area contributed by atoms with E-state index in [4.69, 9.17) is 0 Å². The molecule has 1 nitrogen and oxygen atoms in total. The van der Waals surface area contributed by atoms with Crippen LogP contribution in [0, 0.1) is 40.9 Å². The van der Waals surface area contributed by atoms with Crippen LogP contribution in [0.1, 0.15) is 92.9 Å². The van der Waals surface area contributed by atoms with Gasteiger partial charge in [-0.2, -0.15) is 0 Å². The molecule has 3 fully saturated rings. The first-order valence-electron chi connectivity index (χ1n) is 12.5. The Bertz CT molecular complexity index is 639. The Labute approximate surface area is 180 Å². The maximum atomic E-state index is 10.1. The highest BCUT2D eigenvalue weighted by molar-refractivity contribution is 5.27. The van der Waals surface area contributed by atoms with Crippen molar-refractivity contribution in [3.05, 3.63) is 35.5 Å². The van der Waals surface area contributed by atoms with Crippen LogP contribution in [0.15, 0.2) is 35.5 Å². The first-order chi connectivity index (χ1) is 13.7. The van der Waals surface area contributed by atoms with E-state index in [0.29, 0.717) is 23.2 Å². The van der Waals surface area contributed by atoms with Gasteiger partial charge in [0.2, 0.25) is 0 Å². The second-order valence-electron chi connectivity index (χ2n) is 11.3. The van der Waals surface area contributed by atoms with E-state index in [1.807, 2.05) is 0 Å². The van der Waals surface area contributed by atoms with Crippen molar-refractivity contribution in [3.63, 3.8) is 0 Å². The molecule has 0 unspecified atom stereocenters. The maximum Gasteiger partial charge on any atom is 0.0577 e. The molecule has 0 bridgehead atoms. The van der Waals surface area contributed by atoms with Crippen LogP contribution in [0.4, 0.5) is 0 Å². The molecule has 29 heavy (non-hydrogen) atoms. The second kappa shape index (κ2) is 9.54. The molecule has 0 aromatic heterocycles. The lowest BCUT2D eigenvalue weighted by Gasteiger charge is -2.44. The fourth-order valence-corrected chi connectivity index (χ4v) is 6.50. The molecule has 3 rings (SSSR count). The van der Waals surface area contributed by atoms with Gasteiger partial charge in [0.15, 0.2) is 0 Å². The molecule has 3 saturated carbocycles. The summed E-state index contributed by atoms with van der Waals surface area (Å²) in [6, 6.07) is 0. The molecule has 0 aromatic carbocycles. The largest absolute Gasteiger partial charge is 0.393 e. The smallest absolute Gasteiger partial charge is 0.0577 e. The lowest BCUT2D eigenvalue weighted by Crippen LogP contribution is -2.35. The number of hydrogen-bond acceptors (Lipinski definition) is 1. The van der Waals surface area contributed by atoms with Crippen molar-refractivity contribution in [2.24, 2.45) is 40.9 Å². The van der Waals surface area contributed by atoms with E-state index in [1.165, 1.54) is 37.7 Å². The SMILES string of the molecule is CC(C)[C@@H](C)/C=C/[C@@H](C)[C@H]1CC[C@H]2/C(=C/C=C3\C[C@H](O)CC[C@H]3C)CCC[C@]12C. The topological polar surface area (TPSA) is 20.2 Å². The van der Waals surface area contributed by atoms with E-state index < -0.39 is 0 Å². The Morgan fingerprint density at radius 1 is 0.966 bits per heavy atom. The molecule has 0 aliphatic heterocycles. The van der Waals surface area contributed by atoms with Gasteiger partial charge in [-0.3, -0.25) is 0 Å². The van der Waals surface area contributed by atoms with Gasteiger partial charge in [0.05, 0.1) is 6.10 Å². The van der Waals surface area contributed by atoms with Gasteiger partial charge in [0.1, 0.15) is 0 Å². The van der Waals surface area contributed by atoms with Gasteiger partial charge in [0.25, 0.3) is 0 Å². The standard InChI is InChI=1S/C28H46O/c1-19(2)20(3)9-10-22(5)26-15-16-27-23(8-7-17-28(26,27)6)12-13-24-18-25(29)14-11-21(24)4/h9-10,12-13,19-22,25-27,29H,7-8,11,14-18H2,1-6H3/b10-9+,23-12+,24-13+/t20-,21+,22+,25+,26+,27-,28+/m0/s1. The van der Waals surface area contributed by atoms with E-state index in [2.05, 4.69) is 65.8 Å². The zero-order chi connectivity index (χ0) is 21.2. The summed E-state index contributed by atoms with van der Waals surface area (Å²) in [5.74, 6) is 4.29. The third kappa shape index (κ3) is 5.09. The molecule has 0 spiro atoms. The van der Waals surface area contributed by atoms with Gasteiger partial charge in [-0.05, 0) is 92.3 Å². The number of aliphatic hydroxyl groups excluding tert-OH is 1. The number of hydrogen-bond donors (Lipinski definition) is 1. The summed E-state index contributed by atoms with van der Waals surface area (Å²) in [5, 5.41) is 10.1. The number of fused-ring (bicyclic) bond motifs is 1. The quantitative estimate of drug-likeness (QED) is 0.470. The van der Waals surface area contributed by atoms with Crippen molar-refractivity contribution in [1.29, 1.82) is 0 Å². The van der Waals surface area contributed by atoms with Crippen LogP contribution in [0.5, 0.6) is 0 Å². The third-order valence-electron chi connectivity index (χ3n) is 8.99. The highest BCUT2D eigenvalue weighted by atomic mass is 16.3. The zero-order valence-corrected chi connectivity index (χ0v) is 20.0. The first kappa shape index (κ1) is 22.9. The van der Waals surface area contributed by atoms with Crippen LogP contribution in [0.3, 0.4) is 0 Å². The molecule has 0 heterocycles. The van der Waals surface area contributed by atoms with Crippen LogP contribution in [-0.4, -0.2) is 11.2 Å². The van der Waals surface area contributed by atoms with Crippen molar-refractivity contribution in [3.8, 4) is 0 Å². The maximum absolute atomic E-state index is 10.1. The Morgan fingerprint density at radius 3 is 2.41 bits per heavy atom. The van der Waals surface area contributed by atoms with Gasteiger partial charge in [-0.1, -0.05) is 77.0 Å². The molecule has 0 aromatic rings. The average molecular weight is 399 g/mol. The summed E-state index contributed by atoms with van der Waals surface area (Å²) in [4.78, 5) is 0. The van der Waals surface area contributed by atoms with Gasteiger partial charge in [-0.25, -0.2) is 0 Å². The molecule has 7 atom stereocenters. The summed E-state index contributed by atoms with van der Waals surface area (Å²) in [5.41, 5.74) is 3.63. The molecule has 3 aliphatic rings. The minimum atomic E-state index is -0.121. The van der Waals surface area contributed by atoms with E-state index >= 15 is 0 Å². The van der Waals surface area contributed by atoms with Crippen LogP contribution >= 0.6 is 0 Å². The highest BCUT2D eigenvalue weighted by Crippen LogP contribution is 2.59. The molecule has 0 amide bonds. The Kier molecular flexibility index (Phi) is 7.52.